The van der Waals surface area contributed by atoms with E-state index in [9.17, 15) is 4.79 Å². The molecule has 27 heavy (non-hydrogen) atoms. The third-order valence-electron chi connectivity index (χ3n) is 4.14. The number of carbonyl (C=O) groups excluding carboxylic acids is 1. The van der Waals surface area contributed by atoms with E-state index in [-0.39, 0.29) is 5.91 Å². The fourth-order valence-corrected chi connectivity index (χ4v) is 2.78. The molecular formula is C20H17N5O2. The van der Waals surface area contributed by atoms with Crippen LogP contribution in [0.4, 0.5) is 0 Å². The number of hydrogen-bond acceptors (Lipinski definition) is 5. The molecule has 0 unspecified atom stereocenters. The van der Waals surface area contributed by atoms with Crippen molar-refractivity contribution in [2.75, 3.05) is 0 Å². The van der Waals surface area contributed by atoms with E-state index in [1.165, 1.54) is 6.39 Å². The predicted octanol–water partition coefficient (Wildman–Crippen LogP) is 2.91. The van der Waals surface area contributed by atoms with Gasteiger partial charge in [-0.15, -0.1) is 0 Å². The molecular weight excluding hydrogens is 342 g/mol. The lowest BCUT2D eigenvalue weighted by molar-refractivity contribution is 0.0951. The molecule has 7 heteroatoms. The summed E-state index contributed by atoms with van der Waals surface area (Å²) in [5.74, 6) is 0.367. The van der Waals surface area contributed by atoms with E-state index < -0.39 is 0 Å². The molecule has 134 valence electrons. The first-order valence-electron chi connectivity index (χ1n) is 8.46. The molecule has 0 aliphatic carbocycles. The second-order valence-electron chi connectivity index (χ2n) is 6.07. The molecule has 4 rings (SSSR count). The van der Waals surface area contributed by atoms with Crippen LogP contribution in [0.1, 0.15) is 21.5 Å². The average molecular weight is 359 g/mol. The van der Waals surface area contributed by atoms with Crippen LogP contribution >= 0.6 is 0 Å². The van der Waals surface area contributed by atoms with Gasteiger partial charge in [0.15, 0.2) is 0 Å². The molecule has 1 N–H and O–H groups in total. The second-order valence-corrected chi connectivity index (χ2v) is 6.07. The first kappa shape index (κ1) is 16.7. The van der Waals surface area contributed by atoms with Gasteiger partial charge in [0.1, 0.15) is 0 Å². The quantitative estimate of drug-likeness (QED) is 0.572. The van der Waals surface area contributed by atoms with Crippen LogP contribution in [0.2, 0.25) is 0 Å². The fourth-order valence-electron chi connectivity index (χ4n) is 2.78. The molecule has 0 atom stereocenters. The van der Waals surface area contributed by atoms with Gasteiger partial charge in [-0.25, -0.2) is 4.98 Å². The predicted molar refractivity (Wildman–Crippen MR) is 98.7 cm³/mol. The summed E-state index contributed by atoms with van der Waals surface area (Å²) in [5, 5.41) is 6.73. The van der Waals surface area contributed by atoms with Gasteiger partial charge in [0.05, 0.1) is 6.33 Å². The van der Waals surface area contributed by atoms with E-state index in [2.05, 4.69) is 32.6 Å². The van der Waals surface area contributed by atoms with Gasteiger partial charge in [0.25, 0.3) is 5.91 Å². The lowest BCUT2D eigenvalue weighted by Crippen LogP contribution is -2.22. The zero-order valence-electron chi connectivity index (χ0n) is 14.4. The Hall–Kier alpha value is -3.74. The van der Waals surface area contributed by atoms with Crippen molar-refractivity contribution in [1.29, 1.82) is 0 Å². The van der Waals surface area contributed by atoms with Crippen LogP contribution in [-0.4, -0.2) is 25.6 Å². The Morgan fingerprint density at radius 2 is 1.96 bits per heavy atom. The molecule has 0 spiro atoms. The van der Waals surface area contributed by atoms with Gasteiger partial charge in [-0.2, -0.15) is 4.98 Å². The number of hydrogen-bond donors (Lipinski definition) is 1. The Morgan fingerprint density at radius 3 is 2.70 bits per heavy atom. The molecule has 1 amide bonds. The minimum Gasteiger partial charge on any atom is -0.348 e. The van der Waals surface area contributed by atoms with Crippen molar-refractivity contribution in [3.63, 3.8) is 0 Å². The Labute approximate surface area is 155 Å². The summed E-state index contributed by atoms with van der Waals surface area (Å²) >= 11 is 0. The molecule has 0 fully saturated rings. The summed E-state index contributed by atoms with van der Waals surface area (Å²) < 4.78 is 6.73. The maximum Gasteiger partial charge on any atom is 0.251 e. The summed E-state index contributed by atoms with van der Waals surface area (Å²) in [7, 11) is 0. The standard InChI is InChI=1S/C20H17N5O2/c26-20(18-6-4-17(5-7-18)19-23-14-27-24-19)22-11-15-2-1-3-16(10-15)12-25-9-8-21-13-25/h1-10,13-14H,11-12H2,(H,22,26). The van der Waals surface area contributed by atoms with E-state index in [4.69, 9.17) is 4.52 Å². The molecule has 0 radical (unpaired) electrons. The SMILES string of the molecule is O=C(NCc1cccc(Cn2ccnc2)c1)c1ccc(-c2ncon2)cc1. The highest BCUT2D eigenvalue weighted by atomic mass is 16.5. The zero-order chi connectivity index (χ0) is 18.5. The molecule has 2 aromatic carbocycles. The molecule has 0 saturated carbocycles. The number of imidazole rings is 1. The van der Waals surface area contributed by atoms with Crippen molar-refractivity contribution in [3.05, 3.63) is 90.3 Å². The third-order valence-corrected chi connectivity index (χ3v) is 4.14. The van der Waals surface area contributed by atoms with Crippen molar-refractivity contribution in [3.8, 4) is 11.4 Å². The Morgan fingerprint density at radius 1 is 1.11 bits per heavy atom. The van der Waals surface area contributed by atoms with Crippen LogP contribution in [0.15, 0.2) is 78.2 Å². The number of aromatic nitrogens is 4. The van der Waals surface area contributed by atoms with E-state index in [0.717, 1.165) is 23.2 Å². The Balaban J connectivity index is 1.37. The number of carbonyl (C=O) groups is 1. The molecule has 4 aromatic rings. The van der Waals surface area contributed by atoms with Crippen LogP contribution in [0.3, 0.4) is 0 Å². The molecule has 2 heterocycles. The smallest absolute Gasteiger partial charge is 0.251 e. The van der Waals surface area contributed by atoms with Gasteiger partial charge in [-0.1, -0.05) is 41.6 Å². The molecule has 0 aliphatic rings. The van der Waals surface area contributed by atoms with Crippen LogP contribution in [0, 0.1) is 0 Å². The average Bonchev–Trinajstić information content (AvgIpc) is 3.41. The topological polar surface area (TPSA) is 85.8 Å². The largest absolute Gasteiger partial charge is 0.348 e. The first-order chi connectivity index (χ1) is 13.3. The minimum absolute atomic E-state index is 0.130. The van der Waals surface area contributed by atoms with E-state index in [0.29, 0.717) is 17.9 Å². The molecule has 7 nitrogen and oxygen atoms in total. The third kappa shape index (κ3) is 4.09. The van der Waals surface area contributed by atoms with E-state index in [1.807, 2.05) is 22.9 Å². The molecule has 2 aromatic heterocycles. The van der Waals surface area contributed by atoms with Gasteiger partial charge in [-0.3, -0.25) is 4.79 Å². The second kappa shape index (κ2) is 7.65. The highest BCUT2D eigenvalue weighted by Gasteiger charge is 2.08. The lowest BCUT2D eigenvalue weighted by Gasteiger charge is -2.08. The Kier molecular flexibility index (Phi) is 4.74. The van der Waals surface area contributed by atoms with Crippen molar-refractivity contribution in [2.45, 2.75) is 13.1 Å². The van der Waals surface area contributed by atoms with Gasteiger partial charge >= 0.3 is 0 Å². The molecule has 0 aliphatic heterocycles. The number of amides is 1. The normalized spacial score (nSPS) is 10.7. The highest BCUT2D eigenvalue weighted by molar-refractivity contribution is 5.94. The maximum absolute atomic E-state index is 12.4. The van der Waals surface area contributed by atoms with Crippen molar-refractivity contribution in [2.24, 2.45) is 0 Å². The summed E-state index contributed by atoms with van der Waals surface area (Å²) in [6, 6.07) is 15.2. The minimum atomic E-state index is -0.130. The summed E-state index contributed by atoms with van der Waals surface area (Å²) in [5.41, 5.74) is 3.58. The summed E-state index contributed by atoms with van der Waals surface area (Å²) in [4.78, 5) is 20.4. The van der Waals surface area contributed by atoms with Crippen LogP contribution in [0.25, 0.3) is 11.4 Å². The monoisotopic (exact) mass is 359 g/mol. The number of nitrogens with zero attached hydrogens (tertiary/aromatic N) is 4. The van der Waals surface area contributed by atoms with E-state index >= 15 is 0 Å². The van der Waals surface area contributed by atoms with Crippen LogP contribution in [0.5, 0.6) is 0 Å². The van der Waals surface area contributed by atoms with Gasteiger partial charge in [-0.05, 0) is 23.3 Å². The first-order valence-corrected chi connectivity index (χ1v) is 8.46. The lowest BCUT2D eigenvalue weighted by atomic mass is 10.1. The number of rotatable bonds is 6. The van der Waals surface area contributed by atoms with Crippen molar-refractivity contribution >= 4 is 5.91 Å². The van der Waals surface area contributed by atoms with Gasteiger partial charge in [0.2, 0.25) is 12.2 Å². The van der Waals surface area contributed by atoms with Crippen molar-refractivity contribution < 1.29 is 9.32 Å². The number of benzene rings is 2. The molecule has 0 bridgehead atoms. The van der Waals surface area contributed by atoms with Gasteiger partial charge < -0.3 is 14.4 Å². The highest BCUT2D eigenvalue weighted by Crippen LogP contribution is 2.15. The van der Waals surface area contributed by atoms with E-state index in [1.54, 1.807) is 36.8 Å². The maximum atomic E-state index is 12.4. The zero-order valence-corrected chi connectivity index (χ0v) is 14.4. The Bertz CT molecular complexity index is 1010. The summed E-state index contributed by atoms with van der Waals surface area (Å²) in [6.07, 6.45) is 6.74. The van der Waals surface area contributed by atoms with Gasteiger partial charge in [0, 0.05) is 36.6 Å². The van der Waals surface area contributed by atoms with Crippen LogP contribution < -0.4 is 5.32 Å². The number of nitrogens with one attached hydrogen (secondary N) is 1. The molecule has 0 saturated heterocycles. The van der Waals surface area contributed by atoms with Crippen LogP contribution in [-0.2, 0) is 13.1 Å². The summed E-state index contributed by atoms with van der Waals surface area (Å²) in [6.45, 7) is 1.21. The van der Waals surface area contributed by atoms with Crippen molar-refractivity contribution in [1.82, 2.24) is 25.0 Å². The fraction of sp³-hybridized carbons (Fsp3) is 0.100.